The summed E-state index contributed by atoms with van der Waals surface area (Å²) in [5.41, 5.74) is 1.40. The average molecular weight is 343 g/mol. The first-order chi connectivity index (χ1) is 12.2. The van der Waals surface area contributed by atoms with Gasteiger partial charge in [0.25, 0.3) is 0 Å². The number of carbonyl (C=O) groups is 1. The minimum Gasteiger partial charge on any atom is -0.393 e. The van der Waals surface area contributed by atoms with Crippen molar-refractivity contribution in [2.75, 3.05) is 13.1 Å². The molecule has 0 radical (unpaired) electrons. The smallest absolute Gasteiger partial charge is 0.226 e. The molecule has 4 rings (SSSR count). The van der Waals surface area contributed by atoms with Crippen LogP contribution in [-0.2, 0) is 11.2 Å². The summed E-state index contributed by atoms with van der Waals surface area (Å²) in [7, 11) is 0. The molecule has 1 saturated heterocycles. The number of amides is 1. The van der Waals surface area contributed by atoms with E-state index in [1.807, 2.05) is 24.3 Å². The molecule has 1 amide bonds. The zero-order valence-electron chi connectivity index (χ0n) is 14.3. The number of piperidine rings is 1. The summed E-state index contributed by atoms with van der Waals surface area (Å²) in [5, 5.41) is 21.3. The van der Waals surface area contributed by atoms with Crippen LogP contribution in [0.4, 0.5) is 0 Å². The Morgan fingerprint density at radius 2 is 2.04 bits per heavy atom. The van der Waals surface area contributed by atoms with Crippen LogP contribution in [0, 0.1) is 11.8 Å². The maximum Gasteiger partial charge on any atom is 0.226 e. The summed E-state index contributed by atoms with van der Waals surface area (Å²) in [6.07, 6.45) is 3.76. The lowest BCUT2D eigenvalue weighted by molar-refractivity contribution is -0.123. The molecule has 2 aliphatic rings. The van der Waals surface area contributed by atoms with Gasteiger partial charge in [-0.05, 0) is 62.7 Å². The third-order valence-corrected chi connectivity index (χ3v) is 5.66. The summed E-state index contributed by atoms with van der Waals surface area (Å²) in [4.78, 5) is 12.7. The molecule has 25 heavy (non-hydrogen) atoms. The van der Waals surface area contributed by atoms with Crippen LogP contribution in [0.2, 0.25) is 0 Å². The molecule has 0 bridgehead atoms. The predicted molar refractivity (Wildman–Crippen MR) is 94.0 cm³/mol. The number of para-hydroxylation sites is 1. The third kappa shape index (κ3) is 3.55. The van der Waals surface area contributed by atoms with Gasteiger partial charge in [0.05, 0.1) is 12.5 Å². The number of nitrogens with zero attached hydrogens (tertiary/aromatic N) is 1. The molecule has 1 aromatic heterocycles. The van der Waals surface area contributed by atoms with Crippen LogP contribution < -0.4 is 10.6 Å². The van der Waals surface area contributed by atoms with Gasteiger partial charge in [0.2, 0.25) is 5.91 Å². The summed E-state index contributed by atoms with van der Waals surface area (Å²) in [6, 6.07) is 7.76. The highest BCUT2D eigenvalue weighted by atomic mass is 16.5. The second-order valence-corrected chi connectivity index (χ2v) is 7.37. The van der Waals surface area contributed by atoms with Gasteiger partial charge in [-0.15, -0.1) is 0 Å². The summed E-state index contributed by atoms with van der Waals surface area (Å²) in [5.74, 6) is 0.858. The number of carbonyl (C=O) groups excluding carboxylic acids is 1. The standard InChI is InChI=1S/C19H25N3O3/c23-14-9-13(10-14)19(12-5-7-20-8-6-12)21-18(24)11-16-15-3-1-2-4-17(15)25-22-16/h1-4,12-14,19-20,23H,5-11H2,(H,21,24). The van der Waals surface area contributed by atoms with E-state index in [1.165, 1.54) is 0 Å². The molecule has 2 fully saturated rings. The number of rotatable bonds is 5. The molecule has 0 spiro atoms. The average Bonchev–Trinajstić information content (AvgIpc) is 3.01. The number of fused-ring (bicyclic) bond motifs is 1. The summed E-state index contributed by atoms with van der Waals surface area (Å²) in [6.45, 7) is 2.00. The quantitative estimate of drug-likeness (QED) is 0.768. The van der Waals surface area contributed by atoms with E-state index in [0.717, 1.165) is 44.2 Å². The molecule has 1 unspecified atom stereocenters. The van der Waals surface area contributed by atoms with Gasteiger partial charge in [0.1, 0.15) is 5.69 Å². The second-order valence-electron chi connectivity index (χ2n) is 7.37. The maximum atomic E-state index is 12.7. The monoisotopic (exact) mass is 343 g/mol. The number of hydrogen-bond acceptors (Lipinski definition) is 5. The van der Waals surface area contributed by atoms with Crippen molar-refractivity contribution in [3.63, 3.8) is 0 Å². The molecule has 1 aromatic carbocycles. The van der Waals surface area contributed by atoms with Gasteiger partial charge in [-0.2, -0.15) is 0 Å². The minimum atomic E-state index is -0.203. The zero-order chi connectivity index (χ0) is 17.2. The number of aliphatic hydroxyl groups excluding tert-OH is 1. The van der Waals surface area contributed by atoms with E-state index >= 15 is 0 Å². The van der Waals surface area contributed by atoms with Crippen LogP contribution in [0.1, 0.15) is 31.4 Å². The Kier molecular flexibility index (Phi) is 4.72. The van der Waals surface area contributed by atoms with Crippen molar-refractivity contribution in [1.29, 1.82) is 0 Å². The molecular formula is C19H25N3O3. The molecule has 2 heterocycles. The van der Waals surface area contributed by atoms with E-state index < -0.39 is 0 Å². The number of hydrogen-bond donors (Lipinski definition) is 3. The van der Waals surface area contributed by atoms with E-state index in [2.05, 4.69) is 15.8 Å². The van der Waals surface area contributed by atoms with E-state index in [1.54, 1.807) is 0 Å². The minimum absolute atomic E-state index is 0.0102. The lowest BCUT2D eigenvalue weighted by atomic mass is 9.71. The largest absolute Gasteiger partial charge is 0.393 e. The lowest BCUT2D eigenvalue weighted by Crippen LogP contribution is -2.53. The highest BCUT2D eigenvalue weighted by Gasteiger charge is 2.39. The molecule has 1 aliphatic carbocycles. The lowest BCUT2D eigenvalue weighted by Gasteiger charge is -2.43. The van der Waals surface area contributed by atoms with Gasteiger partial charge in [0, 0.05) is 11.4 Å². The van der Waals surface area contributed by atoms with Crippen molar-refractivity contribution in [3.8, 4) is 0 Å². The topological polar surface area (TPSA) is 87.4 Å². The molecular weight excluding hydrogens is 318 g/mol. The maximum absolute atomic E-state index is 12.7. The van der Waals surface area contributed by atoms with Crippen LogP contribution in [0.15, 0.2) is 28.8 Å². The first-order valence-corrected chi connectivity index (χ1v) is 9.22. The number of aliphatic hydroxyl groups is 1. The van der Waals surface area contributed by atoms with Gasteiger partial charge >= 0.3 is 0 Å². The number of aromatic nitrogens is 1. The van der Waals surface area contributed by atoms with Gasteiger partial charge in [-0.25, -0.2) is 0 Å². The Balaban J connectivity index is 1.44. The molecule has 1 atom stereocenters. The van der Waals surface area contributed by atoms with Crippen LogP contribution in [-0.4, -0.2) is 41.4 Å². The molecule has 134 valence electrons. The number of nitrogens with one attached hydrogen (secondary N) is 2. The van der Waals surface area contributed by atoms with E-state index in [4.69, 9.17) is 4.52 Å². The van der Waals surface area contributed by atoms with Gasteiger partial charge in [-0.3, -0.25) is 4.79 Å². The van der Waals surface area contributed by atoms with Crippen LogP contribution in [0.25, 0.3) is 11.0 Å². The van der Waals surface area contributed by atoms with Crippen LogP contribution in [0.3, 0.4) is 0 Å². The fraction of sp³-hybridized carbons (Fsp3) is 0.579. The molecule has 2 aromatic rings. The predicted octanol–water partition coefficient (Wildman–Crippen LogP) is 1.63. The van der Waals surface area contributed by atoms with E-state index in [0.29, 0.717) is 23.1 Å². The molecule has 1 saturated carbocycles. The summed E-state index contributed by atoms with van der Waals surface area (Å²) >= 11 is 0. The van der Waals surface area contributed by atoms with Gasteiger partial charge < -0.3 is 20.3 Å². The van der Waals surface area contributed by atoms with Crippen molar-refractivity contribution in [3.05, 3.63) is 30.0 Å². The Morgan fingerprint density at radius 1 is 1.28 bits per heavy atom. The normalized spacial score (nSPS) is 25.5. The van der Waals surface area contributed by atoms with E-state index in [9.17, 15) is 9.90 Å². The third-order valence-electron chi connectivity index (χ3n) is 5.66. The van der Waals surface area contributed by atoms with Crippen molar-refractivity contribution in [1.82, 2.24) is 15.8 Å². The molecule has 3 N–H and O–H groups in total. The summed E-state index contributed by atoms with van der Waals surface area (Å²) < 4.78 is 5.29. The highest BCUT2D eigenvalue weighted by molar-refractivity contribution is 5.86. The Labute approximate surface area is 147 Å². The molecule has 1 aliphatic heterocycles. The first-order valence-electron chi connectivity index (χ1n) is 9.22. The van der Waals surface area contributed by atoms with Crippen molar-refractivity contribution in [2.24, 2.45) is 11.8 Å². The second kappa shape index (κ2) is 7.14. The fourth-order valence-electron chi connectivity index (χ4n) is 4.20. The van der Waals surface area contributed by atoms with Crippen molar-refractivity contribution >= 4 is 16.9 Å². The Hall–Kier alpha value is -1.92. The zero-order valence-corrected chi connectivity index (χ0v) is 14.3. The Morgan fingerprint density at radius 3 is 2.80 bits per heavy atom. The first kappa shape index (κ1) is 16.5. The number of benzene rings is 1. The fourth-order valence-corrected chi connectivity index (χ4v) is 4.20. The molecule has 6 nitrogen and oxygen atoms in total. The Bertz CT molecular complexity index is 732. The van der Waals surface area contributed by atoms with Gasteiger partial charge in [-0.1, -0.05) is 17.3 Å². The highest BCUT2D eigenvalue weighted by Crippen LogP contribution is 2.35. The SMILES string of the molecule is O=C(Cc1noc2ccccc12)NC(C1CCNCC1)C1CC(O)C1. The molecule has 6 heteroatoms. The van der Waals surface area contributed by atoms with Crippen molar-refractivity contribution in [2.45, 2.75) is 44.2 Å². The van der Waals surface area contributed by atoms with Crippen LogP contribution in [0.5, 0.6) is 0 Å². The van der Waals surface area contributed by atoms with Gasteiger partial charge in [0.15, 0.2) is 5.58 Å². The van der Waals surface area contributed by atoms with Crippen molar-refractivity contribution < 1.29 is 14.4 Å². The van der Waals surface area contributed by atoms with Crippen LogP contribution >= 0.6 is 0 Å². The van der Waals surface area contributed by atoms with E-state index in [-0.39, 0.29) is 24.5 Å².